The molecule has 0 radical (unpaired) electrons. The first-order chi connectivity index (χ1) is 9.97. The third-order valence-corrected chi connectivity index (χ3v) is 4.63. The fourth-order valence-electron chi connectivity index (χ4n) is 2.80. The highest BCUT2D eigenvalue weighted by Gasteiger charge is 2.33. The molecule has 1 saturated carbocycles. The van der Waals surface area contributed by atoms with Crippen molar-refractivity contribution in [3.05, 3.63) is 39.4 Å². The van der Waals surface area contributed by atoms with Gasteiger partial charge >= 0.3 is 0 Å². The molecule has 0 aliphatic heterocycles. The molecule has 21 heavy (non-hydrogen) atoms. The molecule has 1 N–H and O–H groups in total. The Labute approximate surface area is 128 Å². The van der Waals surface area contributed by atoms with E-state index >= 15 is 0 Å². The number of aryl methyl sites for hydroxylation is 1. The molecule has 1 aliphatic rings. The normalized spacial score (nSPS) is 17.2. The Hall–Kier alpha value is -1.62. The molecule has 1 aromatic carbocycles. The van der Waals surface area contributed by atoms with Gasteiger partial charge in [0.15, 0.2) is 0 Å². The third kappa shape index (κ3) is 3.53. The molecular formula is C15H19ClN2O3. The number of carbonyl (C=O) groups is 1. The Kier molecular flexibility index (Phi) is 4.83. The SMILES string of the molecule is Cc1ccc([N+](=O)[O-])cc1C(=O)NC1(CCl)CCCCC1. The molecule has 0 heterocycles. The van der Waals surface area contributed by atoms with Crippen LogP contribution in [0, 0.1) is 17.0 Å². The maximum Gasteiger partial charge on any atom is 0.270 e. The van der Waals surface area contributed by atoms with Crippen molar-refractivity contribution < 1.29 is 9.72 Å². The van der Waals surface area contributed by atoms with Crippen molar-refractivity contribution >= 4 is 23.2 Å². The number of nitro benzene ring substituents is 1. The van der Waals surface area contributed by atoms with Crippen molar-refractivity contribution in [2.24, 2.45) is 0 Å². The molecule has 1 aliphatic carbocycles. The van der Waals surface area contributed by atoms with Crippen molar-refractivity contribution in [1.29, 1.82) is 0 Å². The fraction of sp³-hybridized carbons (Fsp3) is 0.533. The monoisotopic (exact) mass is 310 g/mol. The number of benzene rings is 1. The van der Waals surface area contributed by atoms with Crippen LogP contribution in [-0.2, 0) is 0 Å². The summed E-state index contributed by atoms with van der Waals surface area (Å²) in [6.07, 6.45) is 4.96. The molecule has 0 saturated heterocycles. The van der Waals surface area contributed by atoms with Crippen molar-refractivity contribution in [1.82, 2.24) is 5.32 Å². The number of non-ortho nitro benzene ring substituents is 1. The number of nitrogens with zero attached hydrogens (tertiary/aromatic N) is 1. The van der Waals surface area contributed by atoms with E-state index in [1.807, 2.05) is 0 Å². The lowest BCUT2D eigenvalue weighted by molar-refractivity contribution is -0.384. The summed E-state index contributed by atoms with van der Waals surface area (Å²) in [4.78, 5) is 22.8. The zero-order chi connectivity index (χ0) is 15.5. The molecule has 5 nitrogen and oxygen atoms in total. The number of nitro groups is 1. The van der Waals surface area contributed by atoms with E-state index in [0.717, 1.165) is 37.7 Å². The van der Waals surface area contributed by atoms with Gasteiger partial charge in [0.05, 0.1) is 10.5 Å². The molecule has 114 valence electrons. The third-order valence-electron chi connectivity index (χ3n) is 4.12. The number of halogens is 1. The van der Waals surface area contributed by atoms with Crippen molar-refractivity contribution in [2.75, 3.05) is 5.88 Å². The van der Waals surface area contributed by atoms with Crippen molar-refractivity contribution in [3.8, 4) is 0 Å². The lowest BCUT2D eigenvalue weighted by atomic mass is 9.83. The highest BCUT2D eigenvalue weighted by Crippen LogP contribution is 2.30. The summed E-state index contributed by atoms with van der Waals surface area (Å²) in [5.74, 6) is 0.0888. The van der Waals surface area contributed by atoms with Crippen LogP contribution in [0.4, 0.5) is 5.69 Å². The Morgan fingerprint density at radius 2 is 2.05 bits per heavy atom. The smallest absolute Gasteiger partial charge is 0.270 e. The van der Waals surface area contributed by atoms with Crippen LogP contribution in [0.25, 0.3) is 0 Å². The lowest BCUT2D eigenvalue weighted by Crippen LogP contribution is -2.51. The van der Waals surface area contributed by atoms with E-state index in [0.29, 0.717) is 11.4 Å². The summed E-state index contributed by atoms with van der Waals surface area (Å²) in [6, 6.07) is 4.33. The average Bonchev–Trinajstić information content (AvgIpc) is 2.48. The predicted octanol–water partition coefficient (Wildman–Crippen LogP) is 3.57. The van der Waals surface area contributed by atoms with Crippen LogP contribution in [0.2, 0.25) is 0 Å². The maximum atomic E-state index is 12.5. The van der Waals surface area contributed by atoms with Gasteiger partial charge in [-0.2, -0.15) is 0 Å². The molecular weight excluding hydrogens is 292 g/mol. The Morgan fingerprint density at radius 3 is 2.62 bits per heavy atom. The number of hydrogen-bond acceptors (Lipinski definition) is 3. The van der Waals surface area contributed by atoms with Crippen LogP contribution >= 0.6 is 11.6 Å². The van der Waals surface area contributed by atoms with E-state index in [-0.39, 0.29) is 17.1 Å². The Balaban J connectivity index is 2.23. The molecule has 6 heteroatoms. The van der Waals surface area contributed by atoms with Gasteiger partial charge in [-0.25, -0.2) is 0 Å². The molecule has 0 unspecified atom stereocenters. The van der Waals surface area contributed by atoms with Crippen molar-refractivity contribution in [2.45, 2.75) is 44.6 Å². The standard InChI is InChI=1S/C15H19ClN2O3/c1-11-5-6-12(18(20)21)9-13(11)14(19)17-15(10-16)7-3-2-4-8-15/h5-6,9H,2-4,7-8,10H2,1H3,(H,17,19). The minimum absolute atomic E-state index is 0.0747. The second-order valence-corrected chi connectivity index (χ2v) is 5.95. The van der Waals surface area contributed by atoms with Gasteiger partial charge in [0.1, 0.15) is 0 Å². The molecule has 2 rings (SSSR count). The number of nitrogens with one attached hydrogen (secondary N) is 1. The second-order valence-electron chi connectivity index (χ2n) is 5.69. The summed E-state index contributed by atoms with van der Waals surface area (Å²) in [6.45, 7) is 1.77. The van der Waals surface area contributed by atoms with Gasteiger partial charge in [0.2, 0.25) is 0 Å². The molecule has 0 spiro atoms. The van der Waals surface area contributed by atoms with E-state index in [1.165, 1.54) is 12.1 Å². The van der Waals surface area contributed by atoms with E-state index in [1.54, 1.807) is 13.0 Å². The molecule has 1 amide bonds. The largest absolute Gasteiger partial charge is 0.345 e. The molecule has 0 bridgehead atoms. The highest BCUT2D eigenvalue weighted by molar-refractivity contribution is 6.19. The number of hydrogen-bond donors (Lipinski definition) is 1. The summed E-state index contributed by atoms with van der Waals surface area (Å²) in [5, 5.41) is 13.9. The van der Waals surface area contributed by atoms with Gasteiger partial charge in [0, 0.05) is 23.6 Å². The molecule has 1 aromatic rings. The summed E-state index contributed by atoms with van der Waals surface area (Å²) >= 11 is 6.07. The molecule has 0 atom stereocenters. The maximum absolute atomic E-state index is 12.5. The van der Waals surface area contributed by atoms with Crippen LogP contribution < -0.4 is 5.32 Å². The van der Waals surface area contributed by atoms with Gasteiger partial charge in [-0.1, -0.05) is 25.3 Å². The summed E-state index contributed by atoms with van der Waals surface area (Å²) in [5.41, 5.74) is 0.612. The first kappa shape index (κ1) is 15.8. The fourth-order valence-corrected chi connectivity index (χ4v) is 3.13. The second kappa shape index (κ2) is 6.43. The Bertz CT molecular complexity index is 554. The number of alkyl halides is 1. The highest BCUT2D eigenvalue weighted by atomic mass is 35.5. The van der Waals surface area contributed by atoms with Crippen LogP contribution in [-0.4, -0.2) is 22.2 Å². The molecule has 1 fully saturated rings. The van der Waals surface area contributed by atoms with E-state index in [4.69, 9.17) is 11.6 Å². The Morgan fingerprint density at radius 1 is 1.38 bits per heavy atom. The van der Waals surface area contributed by atoms with E-state index < -0.39 is 4.92 Å². The predicted molar refractivity (Wildman–Crippen MR) is 81.8 cm³/mol. The van der Waals surface area contributed by atoms with Gasteiger partial charge in [0.25, 0.3) is 11.6 Å². The minimum atomic E-state index is -0.492. The van der Waals surface area contributed by atoms with E-state index in [9.17, 15) is 14.9 Å². The zero-order valence-corrected chi connectivity index (χ0v) is 12.8. The van der Waals surface area contributed by atoms with Crippen LogP contribution in [0.15, 0.2) is 18.2 Å². The van der Waals surface area contributed by atoms with Crippen LogP contribution in [0.5, 0.6) is 0 Å². The quantitative estimate of drug-likeness (QED) is 0.525. The van der Waals surface area contributed by atoms with Crippen molar-refractivity contribution in [3.63, 3.8) is 0 Å². The summed E-state index contributed by atoms with van der Waals surface area (Å²) in [7, 11) is 0. The number of rotatable bonds is 4. The van der Waals surface area contributed by atoms with Gasteiger partial charge in [-0.15, -0.1) is 11.6 Å². The van der Waals surface area contributed by atoms with Gasteiger partial charge in [-0.3, -0.25) is 14.9 Å². The van der Waals surface area contributed by atoms with E-state index in [2.05, 4.69) is 5.32 Å². The molecule has 0 aromatic heterocycles. The van der Waals surface area contributed by atoms with Crippen LogP contribution in [0.3, 0.4) is 0 Å². The topological polar surface area (TPSA) is 72.2 Å². The first-order valence-electron chi connectivity index (χ1n) is 7.11. The zero-order valence-electron chi connectivity index (χ0n) is 12.0. The number of amides is 1. The van der Waals surface area contributed by atoms with Gasteiger partial charge in [-0.05, 0) is 25.3 Å². The average molecular weight is 311 g/mol. The first-order valence-corrected chi connectivity index (χ1v) is 7.64. The minimum Gasteiger partial charge on any atom is -0.345 e. The van der Waals surface area contributed by atoms with Gasteiger partial charge < -0.3 is 5.32 Å². The number of carbonyl (C=O) groups excluding carboxylic acids is 1. The summed E-state index contributed by atoms with van der Waals surface area (Å²) < 4.78 is 0. The lowest BCUT2D eigenvalue weighted by Gasteiger charge is -2.36. The van der Waals surface area contributed by atoms with Crippen LogP contribution in [0.1, 0.15) is 48.0 Å².